The van der Waals surface area contributed by atoms with Gasteiger partial charge in [-0.1, -0.05) is 6.92 Å². The van der Waals surface area contributed by atoms with Crippen molar-refractivity contribution in [3.63, 3.8) is 0 Å². The lowest BCUT2D eigenvalue weighted by Crippen LogP contribution is -2.49. The maximum atomic E-state index is 13.1. The number of aliphatic hydroxyl groups excluding tert-OH is 1. The molecule has 1 heterocycles. The summed E-state index contributed by atoms with van der Waals surface area (Å²) in [6, 6.07) is 4.14. The lowest BCUT2D eigenvalue weighted by molar-refractivity contribution is -0.134. The highest BCUT2D eigenvalue weighted by atomic mass is 32.2. The second-order valence-electron chi connectivity index (χ2n) is 9.07. The summed E-state index contributed by atoms with van der Waals surface area (Å²) in [6.07, 6.45) is 0.596. The maximum Gasteiger partial charge on any atom is 0.317 e. The molecule has 0 fully saturated rings. The van der Waals surface area contributed by atoms with Crippen LogP contribution in [0, 0.1) is 5.92 Å². The van der Waals surface area contributed by atoms with Crippen molar-refractivity contribution >= 4 is 27.6 Å². The molecule has 0 saturated carbocycles. The van der Waals surface area contributed by atoms with E-state index >= 15 is 0 Å². The first kappa shape index (κ1) is 26.7. The van der Waals surface area contributed by atoms with E-state index in [0.717, 1.165) is 6.26 Å². The molecule has 3 atom stereocenters. The van der Waals surface area contributed by atoms with Gasteiger partial charge in [-0.05, 0) is 39.0 Å². The predicted molar refractivity (Wildman–Crippen MR) is 127 cm³/mol. The molecule has 10 nitrogen and oxygen atoms in total. The van der Waals surface area contributed by atoms with Gasteiger partial charge in [0.15, 0.2) is 0 Å². The second kappa shape index (κ2) is 11.1. The minimum Gasteiger partial charge on any atom is -0.488 e. The predicted octanol–water partition coefficient (Wildman–Crippen LogP) is 1.26. The molecule has 2 rings (SSSR count). The van der Waals surface area contributed by atoms with E-state index in [2.05, 4.69) is 10.0 Å². The van der Waals surface area contributed by atoms with Crippen molar-refractivity contribution in [1.29, 1.82) is 0 Å². The number of sulfonamides is 1. The first-order valence-electron chi connectivity index (χ1n) is 11.0. The first-order chi connectivity index (χ1) is 15.3. The van der Waals surface area contributed by atoms with Crippen LogP contribution in [0.3, 0.4) is 0 Å². The second-order valence-corrected chi connectivity index (χ2v) is 10.8. The number of anilines is 1. The van der Waals surface area contributed by atoms with Crippen LogP contribution in [0.5, 0.6) is 5.75 Å². The number of carbonyl (C=O) groups excluding carboxylic acids is 2. The molecule has 11 heteroatoms. The Kier molecular flexibility index (Phi) is 8.96. The van der Waals surface area contributed by atoms with Gasteiger partial charge in [0.05, 0.1) is 31.9 Å². The topological polar surface area (TPSA) is 128 Å². The number of aliphatic hydroxyl groups is 1. The third kappa shape index (κ3) is 7.78. The van der Waals surface area contributed by atoms with E-state index in [0.29, 0.717) is 23.5 Å². The normalized spacial score (nSPS) is 20.1. The Morgan fingerprint density at radius 2 is 2.00 bits per heavy atom. The molecule has 0 spiro atoms. The molecule has 3 amide bonds. The number of amides is 3. The molecule has 186 valence electrons. The summed E-state index contributed by atoms with van der Waals surface area (Å²) in [4.78, 5) is 28.7. The summed E-state index contributed by atoms with van der Waals surface area (Å²) in [7, 11) is -1.81. The van der Waals surface area contributed by atoms with Crippen LogP contribution in [0.15, 0.2) is 18.2 Å². The smallest absolute Gasteiger partial charge is 0.317 e. The molecule has 1 aliphatic rings. The van der Waals surface area contributed by atoms with Gasteiger partial charge in [0.25, 0.3) is 0 Å². The molecule has 0 unspecified atom stereocenters. The zero-order valence-electron chi connectivity index (χ0n) is 20.2. The van der Waals surface area contributed by atoms with Crippen molar-refractivity contribution in [2.75, 3.05) is 37.7 Å². The quantitative estimate of drug-likeness (QED) is 0.535. The monoisotopic (exact) mass is 484 g/mol. The number of benzene rings is 1. The summed E-state index contributed by atoms with van der Waals surface area (Å²) in [6.45, 7) is 7.89. The summed E-state index contributed by atoms with van der Waals surface area (Å²) in [5.74, 6) is 0.101. The number of urea groups is 1. The molecule has 0 aliphatic carbocycles. The molecule has 0 radical (unpaired) electrons. The SMILES string of the molecule is CC(C)NC(=O)N(C)C[C@H]1Oc2ccc(NS(C)(=O)=O)cc2CC(=O)N([C@H](C)CO)C[C@H]1C. The number of ether oxygens (including phenoxy) is 1. The van der Waals surface area contributed by atoms with Crippen molar-refractivity contribution in [3.05, 3.63) is 23.8 Å². The van der Waals surface area contributed by atoms with Crippen molar-refractivity contribution in [1.82, 2.24) is 15.1 Å². The number of hydrogen-bond acceptors (Lipinski definition) is 6. The molecular formula is C22H36N4O6S. The van der Waals surface area contributed by atoms with Crippen LogP contribution < -0.4 is 14.8 Å². The molecule has 0 aromatic heterocycles. The molecule has 0 saturated heterocycles. The molecule has 33 heavy (non-hydrogen) atoms. The van der Waals surface area contributed by atoms with E-state index in [9.17, 15) is 23.1 Å². The van der Waals surface area contributed by atoms with Crippen LogP contribution in [-0.4, -0.2) is 86.4 Å². The van der Waals surface area contributed by atoms with Crippen LogP contribution in [0.2, 0.25) is 0 Å². The van der Waals surface area contributed by atoms with Crippen molar-refractivity contribution in [2.45, 2.75) is 52.3 Å². The Bertz CT molecular complexity index is 952. The zero-order chi connectivity index (χ0) is 24.9. The highest BCUT2D eigenvalue weighted by Gasteiger charge is 2.32. The van der Waals surface area contributed by atoms with Crippen molar-refractivity contribution in [3.8, 4) is 5.75 Å². The lowest BCUT2D eigenvalue weighted by atomic mass is 10.0. The number of rotatable bonds is 7. The largest absolute Gasteiger partial charge is 0.488 e. The van der Waals surface area contributed by atoms with Crippen LogP contribution in [0.25, 0.3) is 0 Å². The van der Waals surface area contributed by atoms with Gasteiger partial charge in [-0.2, -0.15) is 0 Å². The Labute approximate surface area is 196 Å². The molecular weight excluding hydrogens is 448 g/mol. The third-order valence-electron chi connectivity index (χ3n) is 5.43. The summed E-state index contributed by atoms with van der Waals surface area (Å²) in [5, 5.41) is 12.5. The highest BCUT2D eigenvalue weighted by Crippen LogP contribution is 2.29. The Balaban J connectivity index is 2.43. The van der Waals surface area contributed by atoms with Crippen LogP contribution in [0.1, 0.15) is 33.3 Å². The van der Waals surface area contributed by atoms with Gasteiger partial charge in [0.1, 0.15) is 11.9 Å². The molecule has 3 N–H and O–H groups in total. The number of nitrogens with zero attached hydrogens (tertiary/aromatic N) is 2. The Hall–Kier alpha value is -2.53. The van der Waals surface area contributed by atoms with Gasteiger partial charge >= 0.3 is 6.03 Å². The fraction of sp³-hybridized carbons (Fsp3) is 0.636. The van der Waals surface area contributed by atoms with E-state index < -0.39 is 22.2 Å². The molecule has 1 aliphatic heterocycles. The van der Waals surface area contributed by atoms with Gasteiger partial charge in [-0.25, -0.2) is 13.2 Å². The number of nitrogens with one attached hydrogen (secondary N) is 2. The van der Waals surface area contributed by atoms with Crippen LogP contribution >= 0.6 is 0 Å². The standard InChI is InChI=1S/C22H36N4O6S/c1-14(2)23-22(29)25(5)12-20-15(3)11-26(16(4)13-27)21(28)10-17-9-18(24-33(6,30)31)7-8-19(17)32-20/h7-9,14-16,20,24,27H,10-13H2,1-6H3,(H,23,29)/t15-,16-,20-/m1/s1. The Morgan fingerprint density at radius 1 is 1.33 bits per heavy atom. The molecule has 1 aromatic rings. The van der Waals surface area contributed by atoms with Crippen molar-refractivity contribution in [2.24, 2.45) is 5.92 Å². The summed E-state index contributed by atoms with van der Waals surface area (Å²) >= 11 is 0. The number of fused-ring (bicyclic) bond motifs is 1. The number of hydrogen-bond donors (Lipinski definition) is 3. The fourth-order valence-electron chi connectivity index (χ4n) is 3.63. The van der Waals surface area contributed by atoms with Crippen LogP contribution in [-0.2, 0) is 21.2 Å². The maximum absolute atomic E-state index is 13.1. The average molecular weight is 485 g/mol. The minimum absolute atomic E-state index is 0.0118. The number of likely N-dealkylation sites (N-methyl/N-ethyl adjacent to an activating group) is 1. The van der Waals surface area contributed by atoms with E-state index in [1.807, 2.05) is 20.8 Å². The molecule has 1 aromatic carbocycles. The van der Waals surface area contributed by atoms with Gasteiger partial charge in [-0.3, -0.25) is 9.52 Å². The van der Waals surface area contributed by atoms with E-state index in [1.165, 1.54) is 0 Å². The average Bonchev–Trinajstić information content (AvgIpc) is 2.74. The summed E-state index contributed by atoms with van der Waals surface area (Å²) in [5.41, 5.74) is 0.851. The minimum atomic E-state index is -3.49. The van der Waals surface area contributed by atoms with E-state index in [1.54, 1.807) is 42.0 Å². The van der Waals surface area contributed by atoms with Crippen molar-refractivity contribution < 1.29 is 27.9 Å². The first-order valence-corrected chi connectivity index (χ1v) is 12.9. The number of carbonyl (C=O) groups is 2. The van der Waals surface area contributed by atoms with Gasteiger partial charge in [0, 0.05) is 36.8 Å². The van der Waals surface area contributed by atoms with Gasteiger partial charge in [-0.15, -0.1) is 0 Å². The van der Waals surface area contributed by atoms with E-state index in [-0.39, 0.29) is 43.5 Å². The third-order valence-corrected chi connectivity index (χ3v) is 6.04. The fourth-order valence-corrected chi connectivity index (χ4v) is 4.19. The van der Waals surface area contributed by atoms with E-state index in [4.69, 9.17) is 4.74 Å². The highest BCUT2D eigenvalue weighted by molar-refractivity contribution is 7.92. The summed E-state index contributed by atoms with van der Waals surface area (Å²) < 4.78 is 32.0. The van der Waals surface area contributed by atoms with Gasteiger partial charge in [0.2, 0.25) is 15.9 Å². The van der Waals surface area contributed by atoms with Crippen LogP contribution in [0.4, 0.5) is 10.5 Å². The zero-order valence-corrected chi connectivity index (χ0v) is 21.0. The molecule has 0 bridgehead atoms. The lowest BCUT2D eigenvalue weighted by Gasteiger charge is -2.34. The van der Waals surface area contributed by atoms with Gasteiger partial charge < -0.3 is 25.0 Å². The Morgan fingerprint density at radius 3 is 2.58 bits per heavy atom.